The molecule has 0 heterocycles. The molecule has 1 atom stereocenters. The number of carbonyl (C=O) groups is 1. The SMILES string of the molecule is COC(=O)C(CC(C)C)NCc1cccc(C2CC2)c1. The van der Waals surface area contributed by atoms with E-state index in [0.717, 1.165) is 12.3 Å². The van der Waals surface area contributed by atoms with Crippen LogP contribution in [0, 0.1) is 5.92 Å². The van der Waals surface area contributed by atoms with Gasteiger partial charge in [0.1, 0.15) is 6.04 Å². The van der Waals surface area contributed by atoms with Crippen LogP contribution in [0.2, 0.25) is 0 Å². The first-order valence-corrected chi connectivity index (χ1v) is 7.50. The highest BCUT2D eigenvalue weighted by Crippen LogP contribution is 2.40. The average Bonchev–Trinajstić information content (AvgIpc) is 3.27. The Balaban J connectivity index is 1.93. The average molecular weight is 275 g/mol. The quantitative estimate of drug-likeness (QED) is 0.776. The van der Waals surface area contributed by atoms with Crippen LogP contribution in [0.25, 0.3) is 0 Å². The zero-order chi connectivity index (χ0) is 14.5. The van der Waals surface area contributed by atoms with Gasteiger partial charge >= 0.3 is 5.97 Å². The number of ether oxygens (including phenoxy) is 1. The van der Waals surface area contributed by atoms with Crippen molar-refractivity contribution < 1.29 is 9.53 Å². The number of nitrogens with one attached hydrogen (secondary N) is 1. The summed E-state index contributed by atoms with van der Waals surface area (Å²) < 4.78 is 4.87. The lowest BCUT2D eigenvalue weighted by atomic mass is 10.0. The third kappa shape index (κ3) is 4.34. The first kappa shape index (κ1) is 15.0. The van der Waals surface area contributed by atoms with E-state index in [1.54, 1.807) is 0 Å². The van der Waals surface area contributed by atoms with Crippen molar-refractivity contribution in [1.82, 2.24) is 5.32 Å². The summed E-state index contributed by atoms with van der Waals surface area (Å²) in [6.07, 6.45) is 3.43. The van der Waals surface area contributed by atoms with Crippen LogP contribution in [0.4, 0.5) is 0 Å². The van der Waals surface area contributed by atoms with Gasteiger partial charge in [-0.1, -0.05) is 38.1 Å². The fraction of sp³-hybridized carbons (Fsp3) is 0.588. The van der Waals surface area contributed by atoms with Gasteiger partial charge in [0.05, 0.1) is 7.11 Å². The minimum absolute atomic E-state index is 0.169. The second-order valence-electron chi connectivity index (χ2n) is 6.11. The molecular weight excluding hydrogens is 250 g/mol. The maximum absolute atomic E-state index is 11.8. The molecule has 3 heteroatoms. The Labute approximate surface area is 121 Å². The van der Waals surface area contributed by atoms with Crippen molar-refractivity contribution in [3.63, 3.8) is 0 Å². The van der Waals surface area contributed by atoms with Crippen LogP contribution in [0.5, 0.6) is 0 Å². The zero-order valence-corrected chi connectivity index (χ0v) is 12.7. The molecule has 1 fully saturated rings. The van der Waals surface area contributed by atoms with E-state index in [2.05, 4.69) is 43.4 Å². The van der Waals surface area contributed by atoms with Gasteiger partial charge in [0.25, 0.3) is 0 Å². The van der Waals surface area contributed by atoms with Crippen molar-refractivity contribution in [2.75, 3.05) is 7.11 Å². The second kappa shape index (κ2) is 6.89. The summed E-state index contributed by atoms with van der Waals surface area (Å²) in [7, 11) is 1.45. The van der Waals surface area contributed by atoms with Crippen LogP contribution in [-0.4, -0.2) is 19.1 Å². The Morgan fingerprint density at radius 2 is 2.15 bits per heavy atom. The normalized spacial score (nSPS) is 16.2. The molecular formula is C17H25NO2. The van der Waals surface area contributed by atoms with E-state index < -0.39 is 0 Å². The lowest BCUT2D eigenvalue weighted by Crippen LogP contribution is -2.38. The van der Waals surface area contributed by atoms with Crippen molar-refractivity contribution in [3.05, 3.63) is 35.4 Å². The van der Waals surface area contributed by atoms with Gasteiger partial charge in [0.2, 0.25) is 0 Å². The van der Waals surface area contributed by atoms with Gasteiger partial charge in [-0.2, -0.15) is 0 Å². The highest BCUT2D eigenvalue weighted by Gasteiger charge is 2.24. The van der Waals surface area contributed by atoms with Crippen LogP contribution in [0.1, 0.15) is 50.2 Å². The number of carbonyl (C=O) groups excluding carboxylic acids is 1. The number of benzene rings is 1. The molecule has 2 rings (SSSR count). The Bertz CT molecular complexity index is 452. The van der Waals surface area contributed by atoms with Gasteiger partial charge in [-0.25, -0.2) is 0 Å². The zero-order valence-electron chi connectivity index (χ0n) is 12.7. The molecule has 0 amide bonds. The molecule has 1 aromatic rings. The summed E-state index contributed by atoms with van der Waals surface area (Å²) >= 11 is 0. The van der Waals surface area contributed by atoms with Crippen molar-refractivity contribution >= 4 is 5.97 Å². The fourth-order valence-corrected chi connectivity index (χ4v) is 2.49. The molecule has 1 aliphatic carbocycles. The summed E-state index contributed by atoms with van der Waals surface area (Å²) in [6, 6.07) is 8.47. The lowest BCUT2D eigenvalue weighted by molar-refractivity contribution is -0.143. The molecule has 0 radical (unpaired) electrons. The van der Waals surface area contributed by atoms with Gasteiger partial charge in [-0.15, -0.1) is 0 Å². The molecule has 1 saturated carbocycles. The predicted molar refractivity (Wildman–Crippen MR) is 80.5 cm³/mol. The molecule has 110 valence electrons. The van der Waals surface area contributed by atoms with E-state index in [1.807, 2.05) is 0 Å². The van der Waals surface area contributed by atoms with Gasteiger partial charge in [0.15, 0.2) is 0 Å². The highest BCUT2D eigenvalue weighted by atomic mass is 16.5. The molecule has 0 saturated heterocycles. The van der Waals surface area contributed by atoms with Gasteiger partial charge in [-0.3, -0.25) is 4.79 Å². The smallest absolute Gasteiger partial charge is 0.322 e. The minimum atomic E-state index is -0.218. The Morgan fingerprint density at radius 1 is 1.40 bits per heavy atom. The minimum Gasteiger partial charge on any atom is -0.468 e. The summed E-state index contributed by atoms with van der Waals surface area (Å²) in [4.78, 5) is 11.8. The third-order valence-corrected chi connectivity index (χ3v) is 3.75. The standard InChI is InChI=1S/C17H25NO2/c1-12(2)9-16(17(19)20-3)18-11-13-5-4-6-15(10-13)14-7-8-14/h4-6,10,12,14,16,18H,7-9,11H2,1-3H3. The van der Waals surface area contributed by atoms with E-state index >= 15 is 0 Å². The van der Waals surface area contributed by atoms with Gasteiger partial charge in [-0.05, 0) is 42.2 Å². The molecule has 1 aromatic carbocycles. The molecule has 0 aromatic heterocycles. The van der Waals surface area contributed by atoms with E-state index in [1.165, 1.54) is 31.1 Å². The Kier molecular flexibility index (Phi) is 5.18. The van der Waals surface area contributed by atoms with E-state index in [9.17, 15) is 4.79 Å². The molecule has 0 spiro atoms. The van der Waals surface area contributed by atoms with E-state index in [4.69, 9.17) is 4.74 Å². The molecule has 0 bridgehead atoms. The van der Waals surface area contributed by atoms with Crippen molar-refractivity contribution in [2.24, 2.45) is 5.92 Å². The number of methoxy groups -OCH3 is 1. The van der Waals surface area contributed by atoms with Crippen LogP contribution >= 0.6 is 0 Å². The van der Waals surface area contributed by atoms with Crippen LogP contribution in [0.15, 0.2) is 24.3 Å². The maximum atomic E-state index is 11.8. The number of hydrogen-bond donors (Lipinski definition) is 1. The maximum Gasteiger partial charge on any atom is 0.322 e. The Morgan fingerprint density at radius 3 is 2.75 bits per heavy atom. The monoisotopic (exact) mass is 275 g/mol. The van der Waals surface area contributed by atoms with Crippen LogP contribution < -0.4 is 5.32 Å². The van der Waals surface area contributed by atoms with Gasteiger partial charge in [0, 0.05) is 6.54 Å². The van der Waals surface area contributed by atoms with E-state index in [0.29, 0.717) is 12.5 Å². The molecule has 1 N–H and O–H groups in total. The predicted octanol–water partition coefficient (Wildman–Crippen LogP) is 3.24. The molecule has 0 aliphatic heterocycles. The summed E-state index contributed by atoms with van der Waals surface area (Å²) in [6.45, 7) is 4.95. The summed E-state index contributed by atoms with van der Waals surface area (Å²) in [5.41, 5.74) is 2.68. The second-order valence-corrected chi connectivity index (χ2v) is 6.11. The summed E-state index contributed by atoms with van der Waals surface area (Å²) in [5, 5.41) is 3.33. The Hall–Kier alpha value is -1.35. The van der Waals surface area contributed by atoms with Crippen LogP contribution in [0.3, 0.4) is 0 Å². The summed E-state index contributed by atoms with van der Waals surface area (Å²) in [5.74, 6) is 1.06. The number of hydrogen-bond acceptors (Lipinski definition) is 3. The van der Waals surface area contributed by atoms with E-state index in [-0.39, 0.29) is 12.0 Å². The largest absolute Gasteiger partial charge is 0.468 e. The third-order valence-electron chi connectivity index (χ3n) is 3.75. The van der Waals surface area contributed by atoms with Crippen LogP contribution in [-0.2, 0) is 16.1 Å². The van der Waals surface area contributed by atoms with Gasteiger partial charge < -0.3 is 10.1 Å². The topological polar surface area (TPSA) is 38.3 Å². The lowest BCUT2D eigenvalue weighted by Gasteiger charge is -2.18. The molecule has 20 heavy (non-hydrogen) atoms. The van der Waals surface area contributed by atoms with Crippen molar-refractivity contribution in [3.8, 4) is 0 Å². The fourth-order valence-electron chi connectivity index (χ4n) is 2.49. The van der Waals surface area contributed by atoms with Crippen molar-refractivity contribution in [1.29, 1.82) is 0 Å². The number of esters is 1. The molecule has 1 aliphatic rings. The molecule has 1 unspecified atom stereocenters. The molecule has 3 nitrogen and oxygen atoms in total. The number of rotatable bonds is 7. The first-order chi connectivity index (χ1) is 9.60. The first-order valence-electron chi connectivity index (χ1n) is 7.50. The van der Waals surface area contributed by atoms with Crippen molar-refractivity contribution in [2.45, 2.75) is 51.6 Å². The highest BCUT2D eigenvalue weighted by molar-refractivity contribution is 5.75.